The summed E-state index contributed by atoms with van der Waals surface area (Å²) in [6.45, 7) is 2.33. The molecule has 0 aromatic heterocycles. The van der Waals surface area contributed by atoms with Gasteiger partial charge in [-0.05, 0) is 90.0 Å². The van der Waals surface area contributed by atoms with Crippen molar-refractivity contribution < 1.29 is 10.2 Å². The molecule has 0 saturated heterocycles. The zero-order valence-electron chi connectivity index (χ0n) is 16.2. The fourth-order valence-corrected chi connectivity index (χ4v) is 6.59. The average Bonchev–Trinajstić information content (AvgIpc) is 2.98. The van der Waals surface area contributed by atoms with Crippen LogP contribution in [-0.4, -0.2) is 16.3 Å². The van der Waals surface area contributed by atoms with Crippen molar-refractivity contribution in [2.75, 3.05) is 0 Å². The van der Waals surface area contributed by atoms with Crippen LogP contribution in [-0.2, 0) is 12.8 Å². The Morgan fingerprint density at radius 3 is 2.67 bits per heavy atom. The molecule has 2 aromatic rings. The summed E-state index contributed by atoms with van der Waals surface area (Å²) in [5, 5.41) is 21.2. The second-order valence-corrected chi connectivity index (χ2v) is 9.40. The number of aryl methyl sites for hydroxylation is 1. The quantitative estimate of drug-likeness (QED) is 0.771. The van der Waals surface area contributed by atoms with Crippen molar-refractivity contribution in [1.29, 1.82) is 0 Å². The molecule has 2 saturated carbocycles. The van der Waals surface area contributed by atoms with E-state index in [0.29, 0.717) is 23.5 Å². The second kappa shape index (κ2) is 6.38. The molecule has 0 bridgehead atoms. The molecule has 0 amide bonds. The zero-order valence-corrected chi connectivity index (χ0v) is 16.2. The summed E-state index contributed by atoms with van der Waals surface area (Å²) < 4.78 is 0. The van der Waals surface area contributed by atoms with Crippen molar-refractivity contribution in [1.82, 2.24) is 0 Å². The molecule has 0 radical (unpaired) electrons. The van der Waals surface area contributed by atoms with Gasteiger partial charge in [0, 0.05) is 6.42 Å². The molecule has 2 heteroatoms. The number of aliphatic hydroxyl groups is 1. The average molecular weight is 363 g/mol. The maximum atomic E-state index is 10.6. The number of hydrogen-bond acceptors (Lipinski definition) is 2. The summed E-state index contributed by atoms with van der Waals surface area (Å²) in [7, 11) is 0. The summed E-state index contributed by atoms with van der Waals surface area (Å²) in [6.07, 6.45) is 7.43. The molecule has 3 aliphatic carbocycles. The number of aliphatic hydroxyl groups excluding tert-OH is 1. The van der Waals surface area contributed by atoms with E-state index in [1.54, 1.807) is 0 Å². The van der Waals surface area contributed by atoms with Crippen molar-refractivity contribution in [2.24, 2.45) is 17.3 Å². The summed E-state index contributed by atoms with van der Waals surface area (Å²) in [4.78, 5) is 0. The van der Waals surface area contributed by atoms with E-state index in [4.69, 9.17) is 0 Å². The monoisotopic (exact) mass is 362 g/mol. The molecule has 142 valence electrons. The van der Waals surface area contributed by atoms with Crippen LogP contribution in [0, 0.1) is 17.3 Å². The minimum atomic E-state index is -0.113. The van der Waals surface area contributed by atoms with Crippen LogP contribution < -0.4 is 0 Å². The lowest BCUT2D eigenvalue weighted by atomic mass is 9.55. The van der Waals surface area contributed by atoms with Gasteiger partial charge in [-0.1, -0.05) is 43.3 Å². The number of phenolic OH excluding ortho intramolecular Hbond substituents is 1. The van der Waals surface area contributed by atoms with Gasteiger partial charge in [-0.2, -0.15) is 0 Å². The summed E-state index contributed by atoms with van der Waals surface area (Å²) in [6, 6.07) is 14.8. The maximum absolute atomic E-state index is 10.6. The van der Waals surface area contributed by atoms with Gasteiger partial charge in [0.1, 0.15) is 5.75 Å². The molecule has 27 heavy (non-hydrogen) atoms. The Morgan fingerprint density at radius 1 is 1.04 bits per heavy atom. The van der Waals surface area contributed by atoms with Gasteiger partial charge in [-0.3, -0.25) is 0 Å². The van der Waals surface area contributed by atoms with Crippen LogP contribution in [0.4, 0.5) is 0 Å². The second-order valence-electron chi connectivity index (χ2n) is 9.40. The van der Waals surface area contributed by atoms with Crippen LogP contribution in [0.15, 0.2) is 42.5 Å². The molecule has 5 rings (SSSR count). The van der Waals surface area contributed by atoms with E-state index < -0.39 is 0 Å². The van der Waals surface area contributed by atoms with E-state index in [9.17, 15) is 10.2 Å². The van der Waals surface area contributed by atoms with Gasteiger partial charge in [0.05, 0.1) is 6.10 Å². The minimum absolute atomic E-state index is 0.113. The standard InChI is InChI=1S/C25H30O2/c1-25-12-11-19-20(22(25)9-10-24(25)27)8-7-17-15-23(26)18(14-21(17)19)13-16-5-3-2-4-6-16/h2-6,14-15,19-20,22,24,26-27H,7-13H2,1H3/t19-,20-,22-,24-,25-/m0/s1. The van der Waals surface area contributed by atoms with Crippen LogP contribution in [0.3, 0.4) is 0 Å². The largest absolute Gasteiger partial charge is 0.508 e. The van der Waals surface area contributed by atoms with E-state index >= 15 is 0 Å². The molecule has 5 atom stereocenters. The van der Waals surface area contributed by atoms with Crippen molar-refractivity contribution in [2.45, 2.75) is 63.9 Å². The molecule has 0 unspecified atom stereocenters. The van der Waals surface area contributed by atoms with Gasteiger partial charge in [0.25, 0.3) is 0 Å². The fourth-order valence-electron chi connectivity index (χ4n) is 6.59. The maximum Gasteiger partial charge on any atom is 0.119 e. The molecule has 2 fully saturated rings. The Kier molecular flexibility index (Phi) is 4.09. The molecule has 0 aliphatic heterocycles. The van der Waals surface area contributed by atoms with Crippen LogP contribution in [0.5, 0.6) is 5.75 Å². The van der Waals surface area contributed by atoms with Crippen molar-refractivity contribution in [3.05, 3.63) is 64.7 Å². The highest BCUT2D eigenvalue weighted by Gasteiger charge is 2.54. The number of phenols is 1. The highest BCUT2D eigenvalue weighted by molar-refractivity contribution is 5.47. The summed E-state index contributed by atoms with van der Waals surface area (Å²) >= 11 is 0. The predicted octanol–water partition coefficient (Wildman–Crippen LogP) is 5.20. The Balaban J connectivity index is 1.49. The molecule has 2 aromatic carbocycles. The van der Waals surface area contributed by atoms with Crippen LogP contribution >= 0.6 is 0 Å². The van der Waals surface area contributed by atoms with E-state index in [1.165, 1.54) is 36.0 Å². The lowest BCUT2D eigenvalue weighted by molar-refractivity contribution is -0.0226. The number of rotatable bonds is 2. The first-order chi connectivity index (χ1) is 13.1. The van der Waals surface area contributed by atoms with Crippen molar-refractivity contribution >= 4 is 0 Å². The SMILES string of the molecule is C[C@]12CC[C@@H]3c4cc(Cc5ccccc5)c(O)cc4CC[C@@H]3[C@@H]1CC[C@@H]2O. The summed E-state index contributed by atoms with van der Waals surface area (Å²) in [5.74, 6) is 2.41. The van der Waals surface area contributed by atoms with Gasteiger partial charge in [-0.15, -0.1) is 0 Å². The highest BCUT2D eigenvalue weighted by Crippen LogP contribution is 2.61. The topological polar surface area (TPSA) is 40.5 Å². The van der Waals surface area contributed by atoms with Crippen molar-refractivity contribution in [3.8, 4) is 5.75 Å². The normalized spacial score (nSPS) is 34.6. The molecule has 3 aliphatic rings. The van der Waals surface area contributed by atoms with Gasteiger partial charge < -0.3 is 10.2 Å². The van der Waals surface area contributed by atoms with E-state index in [2.05, 4.69) is 37.3 Å². The molecular weight excluding hydrogens is 332 g/mol. The molecule has 2 N–H and O–H groups in total. The molecule has 0 spiro atoms. The smallest absolute Gasteiger partial charge is 0.119 e. The third-order valence-corrected chi connectivity index (χ3v) is 8.11. The first-order valence-electron chi connectivity index (χ1n) is 10.6. The van der Waals surface area contributed by atoms with Crippen LogP contribution in [0.1, 0.15) is 67.2 Å². The lowest BCUT2D eigenvalue weighted by Gasteiger charge is -2.50. The van der Waals surface area contributed by atoms with Crippen LogP contribution in [0.2, 0.25) is 0 Å². The highest BCUT2D eigenvalue weighted by atomic mass is 16.3. The summed E-state index contributed by atoms with van der Waals surface area (Å²) in [5.41, 5.74) is 5.27. The van der Waals surface area contributed by atoms with Crippen LogP contribution in [0.25, 0.3) is 0 Å². The van der Waals surface area contributed by atoms with E-state index in [0.717, 1.165) is 31.2 Å². The third kappa shape index (κ3) is 2.72. The number of benzene rings is 2. The van der Waals surface area contributed by atoms with E-state index in [1.807, 2.05) is 12.1 Å². The zero-order chi connectivity index (χ0) is 18.6. The Morgan fingerprint density at radius 2 is 1.85 bits per heavy atom. The van der Waals surface area contributed by atoms with Crippen molar-refractivity contribution in [3.63, 3.8) is 0 Å². The third-order valence-electron chi connectivity index (χ3n) is 8.11. The molecule has 2 nitrogen and oxygen atoms in total. The first-order valence-corrected chi connectivity index (χ1v) is 10.6. The Labute approximate surface area is 162 Å². The Hall–Kier alpha value is -1.80. The van der Waals surface area contributed by atoms with Gasteiger partial charge >= 0.3 is 0 Å². The number of hydrogen-bond donors (Lipinski definition) is 2. The van der Waals surface area contributed by atoms with E-state index in [-0.39, 0.29) is 11.5 Å². The Bertz CT molecular complexity index is 843. The lowest BCUT2D eigenvalue weighted by Crippen LogP contribution is -2.43. The van der Waals surface area contributed by atoms with Gasteiger partial charge in [0.2, 0.25) is 0 Å². The number of aromatic hydroxyl groups is 1. The molecular formula is C25H30O2. The van der Waals surface area contributed by atoms with Gasteiger partial charge in [0.15, 0.2) is 0 Å². The van der Waals surface area contributed by atoms with Gasteiger partial charge in [-0.25, -0.2) is 0 Å². The first kappa shape index (κ1) is 17.3. The minimum Gasteiger partial charge on any atom is -0.508 e. The predicted molar refractivity (Wildman–Crippen MR) is 108 cm³/mol. The molecule has 0 heterocycles. The fraction of sp³-hybridized carbons (Fsp3) is 0.520. The number of fused-ring (bicyclic) bond motifs is 5.